The second kappa shape index (κ2) is 9.42. The van der Waals surface area contributed by atoms with E-state index in [1.807, 2.05) is 0 Å². The van der Waals surface area contributed by atoms with Gasteiger partial charge in [0.25, 0.3) is 0 Å². The third kappa shape index (κ3) is 5.89. The highest BCUT2D eigenvalue weighted by atomic mass is 14.3. The Kier molecular flexibility index (Phi) is 9.14. The van der Waals surface area contributed by atoms with Gasteiger partial charge in [0.1, 0.15) is 0 Å². The van der Waals surface area contributed by atoms with Gasteiger partial charge in [-0.1, -0.05) is 77.2 Å². The van der Waals surface area contributed by atoms with Crippen LogP contribution in [0.4, 0.5) is 0 Å². The molecule has 0 nitrogen and oxygen atoms in total. The molecule has 1 rings (SSSR count). The SMILES string of the molecule is CCC(C)(CC)C1=CC=C(C)CC1.CCCCC. The van der Waals surface area contributed by atoms with E-state index in [2.05, 4.69) is 53.7 Å². The molecule has 0 aliphatic heterocycles. The first kappa shape index (κ1) is 17.5. The van der Waals surface area contributed by atoms with Crippen LogP contribution < -0.4 is 0 Å². The molecule has 106 valence electrons. The lowest BCUT2D eigenvalue weighted by Gasteiger charge is -2.31. The first-order chi connectivity index (χ1) is 8.53. The lowest BCUT2D eigenvalue weighted by molar-refractivity contribution is 0.354. The summed E-state index contributed by atoms with van der Waals surface area (Å²) in [5.74, 6) is 0. The molecule has 0 saturated heterocycles. The molecule has 0 aromatic carbocycles. The van der Waals surface area contributed by atoms with Crippen LogP contribution in [0.15, 0.2) is 23.3 Å². The zero-order valence-electron chi connectivity index (χ0n) is 13.6. The molecule has 0 spiro atoms. The van der Waals surface area contributed by atoms with E-state index >= 15 is 0 Å². The second-order valence-electron chi connectivity index (χ2n) is 5.83. The summed E-state index contributed by atoms with van der Waals surface area (Å²) in [6.07, 6.45) is 13.8. The third-order valence-corrected chi connectivity index (χ3v) is 4.40. The van der Waals surface area contributed by atoms with Crippen molar-refractivity contribution in [1.82, 2.24) is 0 Å². The molecule has 0 heterocycles. The molecule has 0 amide bonds. The smallest absolute Gasteiger partial charge is 0.0118 e. The van der Waals surface area contributed by atoms with Crippen molar-refractivity contribution in [2.75, 3.05) is 0 Å². The first-order valence-electron chi connectivity index (χ1n) is 7.90. The predicted molar refractivity (Wildman–Crippen MR) is 85.0 cm³/mol. The van der Waals surface area contributed by atoms with E-state index in [0.29, 0.717) is 5.41 Å². The van der Waals surface area contributed by atoms with Gasteiger partial charge in [0.15, 0.2) is 0 Å². The zero-order valence-corrected chi connectivity index (χ0v) is 13.6. The largest absolute Gasteiger partial charge is 0.0730 e. The van der Waals surface area contributed by atoms with Crippen molar-refractivity contribution in [3.05, 3.63) is 23.3 Å². The van der Waals surface area contributed by atoms with Gasteiger partial charge < -0.3 is 0 Å². The zero-order chi connectivity index (χ0) is 14.0. The van der Waals surface area contributed by atoms with Crippen molar-refractivity contribution < 1.29 is 0 Å². The summed E-state index contributed by atoms with van der Waals surface area (Å²) < 4.78 is 0. The summed E-state index contributed by atoms with van der Waals surface area (Å²) in [4.78, 5) is 0. The molecule has 1 aliphatic carbocycles. The van der Waals surface area contributed by atoms with Gasteiger partial charge in [-0.2, -0.15) is 0 Å². The monoisotopic (exact) mass is 250 g/mol. The Balaban J connectivity index is 0.000000494. The Hall–Kier alpha value is -0.520. The number of allylic oxidation sites excluding steroid dienone is 4. The summed E-state index contributed by atoms with van der Waals surface area (Å²) in [5.41, 5.74) is 3.64. The van der Waals surface area contributed by atoms with Crippen LogP contribution >= 0.6 is 0 Å². The van der Waals surface area contributed by atoms with Crippen molar-refractivity contribution in [2.45, 2.75) is 86.5 Å². The van der Waals surface area contributed by atoms with Crippen LogP contribution in [0.5, 0.6) is 0 Å². The molecule has 0 saturated carbocycles. The summed E-state index contributed by atoms with van der Waals surface area (Å²) in [6.45, 7) is 13.6. The van der Waals surface area contributed by atoms with E-state index in [1.165, 1.54) is 50.5 Å². The summed E-state index contributed by atoms with van der Waals surface area (Å²) in [7, 11) is 0. The molecule has 0 atom stereocenters. The molecule has 1 aliphatic rings. The van der Waals surface area contributed by atoms with E-state index in [-0.39, 0.29) is 0 Å². The summed E-state index contributed by atoms with van der Waals surface area (Å²) in [5, 5.41) is 0. The normalized spacial score (nSPS) is 15.4. The Labute approximate surface area is 116 Å². The van der Waals surface area contributed by atoms with Crippen LogP contribution in [0, 0.1) is 5.41 Å². The number of hydrogen-bond acceptors (Lipinski definition) is 0. The average Bonchev–Trinajstić information content (AvgIpc) is 2.40. The standard InChI is InChI=1S/C13H22.C5H12/c1-5-13(4,6-2)12-9-7-11(3)8-10-12;1-3-5-4-2/h7,9H,5-6,8,10H2,1-4H3;3-5H2,1-2H3. The van der Waals surface area contributed by atoms with Gasteiger partial charge in [0.05, 0.1) is 0 Å². The number of unbranched alkanes of at least 4 members (excludes halogenated alkanes) is 2. The van der Waals surface area contributed by atoms with Gasteiger partial charge >= 0.3 is 0 Å². The molecule has 0 radical (unpaired) electrons. The molecule has 0 aromatic heterocycles. The van der Waals surface area contributed by atoms with Crippen LogP contribution in [0.3, 0.4) is 0 Å². The minimum atomic E-state index is 0.456. The van der Waals surface area contributed by atoms with Crippen molar-refractivity contribution >= 4 is 0 Å². The lowest BCUT2D eigenvalue weighted by Crippen LogP contribution is -2.18. The quantitative estimate of drug-likeness (QED) is 0.511. The van der Waals surface area contributed by atoms with Crippen LogP contribution in [0.1, 0.15) is 86.5 Å². The van der Waals surface area contributed by atoms with Gasteiger partial charge in [-0.05, 0) is 38.0 Å². The molecule has 0 heteroatoms. The van der Waals surface area contributed by atoms with E-state index in [4.69, 9.17) is 0 Å². The van der Waals surface area contributed by atoms with Crippen molar-refractivity contribution in [3.8, 4) is 0 Å². The molecule has 0 bridgehead atoms. The van der Waals surface area contributed by atoms with E-state index in [1.54, 1.807) is 5.57 Å². The Morgan fingerprint density at radius 2 is 1.50 bits per heavy atom. The molecule has 0 fully saturated rings. The van der Waals surface area contributed by atoms with Gasteiger partial charge in [-0.25, -0.2) is 0 Å². The van der Waals surface area contributed by atoms with Crippen LogP contribution in [0.2, 0.25) is 0 Å². The molecular formula is C18H34. The van der Waals surface area contributed by atoms with Crippen molar-refractivity contribution in [1.29, 1.82) is 0 Å². The van der Waals surface area contributed by atoms with Crippen molar-refractivity contribution in [2.24, 2.45) is 5.41 Å². The van der Waals surface area contributed by atoms with Gasteiger partial charge in [-0.15, -0.1) is 0 Å². The maximum Gasteiger partial charge on any atom is -0.0118 e. The Bertz CT molecular complexity index is 262. The van der Waals surface area contributed by atoms with Gasteiger partial charge in [0.2, 0.25) is 0 Å². The second-order valence-corrected chi connectivity index (χ2v) is 5.83. The van der Waals surface area contributed by atoms with E-state index < -0.39 is 0 Å². The third-order valence-electron chi connectivity index (χ3n) is 4.40. The van der Waals surface area contributed by atoms with E-state index in [9.17, 15) is 0 Å². The molecule has 0 aromatic rings. The van der Waals surface area contributed by atoms with Gasteiger partial charge in [0, 0.05) is 0 Å². The molecule has 0 N–H and O–H groups in total. The number of hydrogen-bond donors (Lipinski definition) is 0. The fourth-order valence-corrected chi connectivity index (χ4v) is 2.30. The maximum absolute atomic E-state index is 2.40. The summed E-state index contributed by atoms with van der Waals surface area (Å²) >= 11 is 0. The topological polar surface area (TPSA) is 0 Å². The number of rotatable bonds is 5. The first-order valence-corrected chi connectivity index (χ1v) is 7.90. The molecule has 0 unspecified atom stereocenters. The highest BCUT2D eigenvalue weighted by Crippen LogP contribution is 2.39. The van der Waals surface area contributed by atoms with Crippen LogP contribution in [-0.4, -0.2) is 0 Å². The maximum atomic E-state index is 2.40. The predicted octanol–water partition coefficient (Wildman–Crippen LogP) is 6.68. The fraction of sp³-hybridized carbons (Fsp3) is 0.778. The van der Waals surface area contributed by atoms with Gasteiger partial charge in [-0.3, -0.25) is 0 Å². The van der Waals surface area contributed by atoms with Crippen LogP contribution in [0.25, 0.3) is 0 Å². The van der Waals surface area contributed by atoms with Crippen LogP contribution in [-0.2, 0) is 0 Å². The van der Waals surface area contributed by atoms with Crippen molar-refractivity contribution in [3.63, 3.8) is 0 Å². The van der Waals surface area contributed by atoms with E-state index in [0.717, 1.165) is 0 Å². The fourth-order valence-electron chi connectivity index (χ4n) is 2.30. The minimum Gasteiger partial charge on any atom is -0.0730 e. The summed E-state index contributed by atoms with van der Waals surface area (Å²) in [6, 6.07) is 0. The lowest BCUT2D eigenvalue weighted by atomic mass is 9.74. The minimum absolute atomic E-state index is 0.456. The highest BCUT2D eigenvalue weighted by Gasteiger charge is 2.24. The Morgan fingerprint density at radius 3 is 1.78 bits per heavy atom. The molecular weight excluding hydrogens is 216 g/mol. The molecule has 18 heavy (non-hydrogen) atoms. The Morgan fingerprint density at radius 1 is 0.944 bits per heavy atom. The highest BCUT2D eigenvalue weighted by molar-refractivity contribution is 5.27. The average molecular weight is 250 g/mol.